The van der Waals surface area contributed by atoms with Crippen molar-refractivity contribution in [2.24, 2.45) is 0 Å². The van der Waals surface area contributed by atoms with Gasteiger partial charge in [0.05, 0.1) is 36.5 Å². The van der Waals surface area contributed by atoms with Gasteiger partial charge in [0.2, 0.25) is 5.88 Å². The molecular weight excluding hydrogens is 587 g/mol. The van der Waals surface area contributed by atoms with E-state index >= 15 is 0 Å². The van der Waals surface area contributed by atoms with Crippen LogP contribution in [0.25, 0.3) is 22.3 Å². The number of pyridine rings is 1. The lowest BCUT2D eigenvalue weighted by Crippen LogP contribution is -2.58. The van der Waals surface area contributed by atoms with E-state index in [2.05, 4.69) is 41.3 Å². The molecule has 0 bridgehead atoms. The second-order valence-electron chi connectivity index (χ2n) is 12.2. The van der Waals surface area contributed by atoms with Gasteiger partial charge < -0.3 is 19.8 Å². The van der Waals surface area contributed by atoms with E-state index in [0.29, 0.717) is 38.0 Å². The van der Waals surface area contributed by atoms with E-state index in [0.717, 1.165) is 60.7 Å². The highest BCUT2D eigenvalue weighted by Gasteiger charge is 2.49. The Morgan fingerprint density at radius 3 is 2.78 bits per heavy atom. The number of alkyl halides is 3. The number of H-pyrrole nitrogens is 1. The molecule has 0 unspecified atom stereocenters. The number of nitrogens with one attached hydrogen (secondary N) is 2. The molecule has 2 saturated heterocycles. The third-order valence-electron chi connectivity index (χ3n) is 9.29. The summed E-state index contributed by atoms with van der Waals surface area (Å²) in [5.74, 6) is 0.00881. The first-order valence-corrected chi connectivity index (χ1v) is 15.3. The number of hydrogen-bond acceptors (Lipinski definition) is 9. The van der Waals surface area contributed by atoms with Crippen molar-refractivity contribution < 1.29 is 22.6 Å². The van der Waals surface area contributed by atoms with Crippen LogP contribution in [0.2, 0.25) is 0 Å². The Morgan fingerprint density at radius 1 is 1.18 bits per heavy atom. The van der Waals surface area contributed by atoms with Crippen molar-refractivity contribution in [3.63, 3.8) is 0 Å². The van der Waals surface area contributed by atoms with Crippen molar-refractivity contribution in [3.8, 4) is 23.2 Å². The summed E-state index contributed by atoms with van der Waals surface area (Å²) in [6.45, 7) is 3.00. The van der Waals surface area contributed by atoms with Gasteiger partial charge in [0, 0.05) is 67.7 Å². The molecule has 0 radical (unpaired) electrons. The highest BCUT2D eigenvalue weighted by Crippen LogP contribution is 2.45. The molecular formula is C31H34F3N9O2. The van der Waals surface area contributed by atoms with Crippen molar-refractivity contribution >= 4 is 11.0 Å². The zero-order valence-corrected chi connectivity index (χ0v) is 24.6. The van der Waals surface area contributed by atoms with Gasteiger partial charge in [-0.15, -0.1) is 0 Å². The second kappa shape index (κ2) is 12.0. The first-order chi connectivity index (χ1) is 21.8. The first kappa shape index (κ1) is 29.6. The largest absolute Gasteiger partial charge is 0.474 e. The molecule has 45 heavy (non-hydrogen) atoms. The maximum absolute atomic E-state index is 13.6. The van der Waals surface area contributed by atoms with Crippen LogP contribution in [0.3, 0.4) is 0 Å². The van der Waals surface area contributed by atoms with Gasteiger partial charge in [-0.1, -0.05) is 0 Å². The van der Waals surface area contributed by atoms with Crippen molar-refractivity contribution in [2.75, 3.05) is 26.3 Å². The van der Waals surface area contributed by atoms with Gasteiger partial charge in [-0.25, -0.2) is 15.0 Å². The normalized spacial score (nSPS) is 24.5. The van der Waals surface area contributed by atoms with Crippen LogP contribution in [0.4, 0.5) is 13.2 Å². The molecule has 3 aliphatic rings. The number of aromatic amines is 1. The molecule has 14 heteroatoms. The van der Waals surface area contributed by atoms with Crippen LogP contribution >= 0.6 is 0 Å². The van der Waals surface area contributed by atoms with Gasteiger partial charge in [-0.05, 0) is 49.8 Å². The molecule has 2 N–H and O–H groups in total. The Morgan fingerprint density at radius 2 is 2.02 bits per heavy atom. The number of ether oxygens (including phenoxy) is 2. The summed E-state index contributed by atoms with van der Waals surface area (Å²) >= 11 is 0. The Hall–Kier alpha value is -4.06. The molecule has 11 nitrogen and oxygen atoms in total. The summed E-state index contributed by atoms with van der Waals surface area (Å²) in [5.41, 5.74) is 1.56. The minimum atomic E-state index is -4.56. The van der Waals surface area contributed by atoms with Gasteiger partial charge in [-0.3, -0.25) is 9.58 Å². The van der Waals surface area contributed by atoms with E-state index in [1.54, 1.807) is 12.3 Å². The lowest BCUT2D eigenvalue weighted by Gasteiger charge is -2.52. The second-order valence-corrected chi connectivity index (χ2v) is 12.2. The highest BCUT2D eigenvalue weighted by atomic mass is 19.4. The van der Waals surface area contributed by atoms with E-state index in [9.17, 15) is 18.4 Å². The predicted molar refractivity (Wildman–Crippen MR) is 157 cm³/mol. The number of rotatable bonds is 9. The number of fused-ring (bicyclic) bond motifs is 1. The molecule has 1 aliphatic carbocycles. The van der Waals surface area contributed by atoms with Crippen LogP contribution in [-0.2, 0) is 23.0 Å². The molecule has 3 fully saturated rings. The number of hydrogen-bond donors (Lipinski definition) is 2. The highest BCUT2D eigenvalue weighted by molar-refractivity contribution is 5.90. The number of nitrogens with zero attached hydrogens (tertiary/aromatic N) is 7. The number of aromatic nitrogens is 6. The lowest BCUT2D eigenvalue weighted by molar-refractivity contribution is -0.141. The average Bonchev–Trinajstić information content (AvgIpc) is 3.80. The van der Waals surface area contributed by atoms with Crippen molar-refractivity contribution in [2.45, 2.75) is 75.0 Å². The smallest absolute Gasteiger partial charge is 0.433 e. The first-order valence-electron chi connectivity index (χ1n) is 15.3. The SMILES string of the molecule is N#CCC1(n2cc(-c3ncnc4[nH]ccc34)cn2)CC(N2CCC(Oc3cc(CN[C@H]4CCOC4)cc(C(F)(F)F)n3)CC2)C1. The number of nitriles is 1. The molecule has 0 spiro atoms. The molecule has 1 saturated carbocycles. The monoisotopic (exact) mass is 621 g/mol. The molecule has 7 rings (SSSR count). The molecule has 6 heterocycles. The fourth-order valence-corrected chi connectivity index (χ4v) is 6.80. The van der Waals surface area contributed by atoms with Crippen LogP contribution in [0, 0.1) is 11.3 Å². The van der Waals surface area contributed by atoms with Crippen molar-refractivity contribution in [1.29, 1.82) is 5.26 Å². The number of likely N-dealkylation sites (tertiary alicyclic amines) is 1. The van der Waals surface area contributed by atoms with E-state index in [4.69, 9.17) is 9.47 Å². The summed E-state index contributed by atoms with van der Waals surface area (Å²) in [4.78, 5) is 18.0. The maximum Gasteiger partial charge on any atom is 0.433 e. The van der Waals surface area contributed by atoms with Crippen LogP contribution in [0.15, 0.2) is 43.1 Å². The molecule has 1 atom stereocenters. The summed E-state index contributed by atoms with van der Waals surface area (Å²) in [5, 5.41) is 18.5. The zero-order chi connectivity index (χ0) is 31.0. The van der Waals surface area contributed by atoms with Crippen LogP contribution in [-0.4, -0.2) is 79.1 Å². The fourth-order valence-electron chi connectivity index (χ4n) is 6.80. The Kier molecular flexibility index (Phi) is 7.93. The topological polar surface area (TPSA) is 130 Å². The van der Waals surface area contributed by atoms with Crippen molar-refractivity contribution in [3.05, 3.63) is 54.4 Å². The summed E-state index contributed by atoms with van der Waals surface area (Å²) in [6.07, 6.45) is 6.43. The minimum absolute atomic E-state index is 0.00881. The summed E-state index contributed by atoms with van der Waals surface area (Å²) < 4.78 is 54.2. The molecule has 2 aliphatic heterocycles. The summed E-state index contributed by atoms with van der Waals surface area (Å²) in [6, 6.07) is 7.39. The third-order valence-corrected chi connectivity index (χ3v) is 9.29. The van der Waals surface area contributed by atoms with E-state index in [-0.39, 0.29) is 30.6 Å². The van der Waals surface area contributed by atoms with Crippen molar-refractivity contribution in [1.82, 2.24) is 39.9 Å². The maximum atomic E-state index is 13.6. The number of halogens is 3. The fraction of sp³-hybridized carbons (Fsp3) is 0.516. The van der Waals surface area contributed by atoms with Gasteiger partial charge in [0.15, 0.2) is 0 Å². The Balaban J connectivity index is 0.972. The van der Waals surface area contributed by atoms with Crippen LogP contribution < -0.4 is 10.1 Å². The molecule has 0 amide bonds. The van der Waals surface area contributed by atoms with Gasteiger partial charge in [-0.2, -0.15) is 23.5 Å². The zero-order valence-electron chi connectivity index (χ0n) is 24.6. The Labute approximate surface area is 257 Å². The Bertz CT molecular complexity index is 1680. The summed E-state index contributed by atoms with van der Waals surface area (Å²) in [7, 11) is 0. The lowest BCUT2D eigenvalue weighted by atomic mass is 9.69. The molecule has 4 aromatic rings. The van der Waals surface area contributed by atoms with Crippen LogP contribution in [0.1, 0.15) is 49.8 Å². The minimum Gasteiger partial charge on any atom is -0.474 e. The third kappa shape index (κ3) is 6.12. The van der Waals surface area contributed by atoms with E-state index < -0.39 is 17.4 Å². The van der Waals surface area contributed by atoms with Gasteiger partial charge in [0.1, 0.15) is 23.8 Å². The average molecular weight is 622 g/mol. The number of piperidine rings is 1. The quantitative estimate of drug-likeness (QED) is 0.279. The molecule has 0 aromatic carbocycles. The standard InChI is InChI=1S/C31H34F3N9O2/c32-31(33,34)26-11-20(15-37-22-4-10-44-18-22)12-27(41-26)45-24-2-8-42(9-3-24)23-13-30(14-23,5-6-35)43-17-21(16-40-43)28-25-1-7-36-29(25)39-19-38-28/h1,7,11-12,16-17,19,22-24,37H,2-5,8-10,13-15,18H2,(H,36,38,39)/t22-,23?,30?/m0/s1. The van der Waals surface area contributed by atoms with E-state index in [1.807, 2.05) is 23.1 Å². The van der Waals surface area contributed by atoms with E-state index in [1.165, 1.54) is 6.33 Å². The predicted octanol–water partition coefficient (Wildman–Crippen LogP) is 4.43. The van der Waals surface area contributed by atoms with Gasteiger partial charge >= 0.3 is 6.18 Å². The molecule has 236 valence electrons. The van der Waals surface area contributed by atoms with Crippen LogP contribution in [0.5, 0.6) is 5.88 Å². The molecule has 4 aromatic heterocycles. The van der Waals surface area contributed by atoms with Gasteiger partial charge in [0.25, 0.3) is 0 Å².